The number of hydrogen-bond donors (Lipinski definition) is 5. The number of carboxylic acid groups (broad SMARTS) is 1. The van der Waals surface area contributed by atoms with Gasteiger partial charge in [-0.05, 0) is 30.3 Å². The van der Waals surface area contributed by atoms with Crippen molar-refractivity contribution in [2.75, 3.05) is 17.2 Å². The van der Waals surface area contributed by atoms with Crippen molar-refractivity contribution in [3.05, 3.63) is 51.8 Å². The lowest BCUT2D eigenvalue weighted by molar-refractivity contribution is -0.153. The number of nitrogens with one attached hydrogen (secondary N) is 3. The number of carbonyl (C=O) groups is 2. The van der Waals surface area contributed by atoms with Crippen LogP contribution in [0.2, 0.25) is 10.0 Å². The van der Waals surface area contributed by atoms with Gasteiger partial charge in [0.2, 0.25) is 5.91 Å². The van der Waals surface area contributed by atoms with Gasteiger partial charge in [-0.1, -0.05) is 23.2 Å². The predicted octanol–water partition coefficient (Wildman–Crippen LogP) is 3.63. The number of rotatable bonds is 3. The first kappa shape index (κ1) is 24.3. The molecule has 2 aromatic carbocycles. The van der Waals surface area contributed by atoms with Gasteiger partial charge in [-0.15, -0.1) is 0 Å². The van der Waals surface area contributed by atoms with Crippen LogP contribution in [0.1, 0.15) is 12.0 Å². The van der Waals surface area contributed by atoms with Crippen molar-refractivity contribution in [3.8, 4) is 0 Å². The molecular formula is C23H18Cl2F3N5O4. The van der Waals surface area contributed by atoms with Crippen molar-refractivity contribution in [1.29, 1.82) is 0 Å². The fourth-order valence-corrected chi connectivity index (χ4v) is 6.82. The van der Waals surface area contributed by atoms with E-state index in [9.17, 15) is 33.0 Å². The molecule has 1 aromatic heterocycles. The van der Waals surface area contributed by atoms with Gasteiger partial charge >= 0.3 is 5.97 Å². The van der Waals surface area contributed by atoms with Crippen molar-refractivity contribution in [3.63, 3.8) is 0 Å². The summed E-state index contributed by atoms with van der Waals surface area (Å²) in [5, 5.41) is 33.8. The SMILES string of the molecule is O=C(Nc1n[nH]c2ccc(F)cc12)[C@H]1[C@H]2CC(F)(F)CN2[C@@]2(c3cc(Cl)cc(Cl)c3NC2O)[C@H]1C(=O)O. The van der Waals surface area contributed by atoms with Gasteiger partial charge in [0.25, 0.3) is 5.92 Å². The molecule has 1 unspecified atom stereocenters. The van der Waals surface area contributed by atoms with E-state index in [1.807, 2.05) is 0 Å². The third-order valence-electron chi connectivity index (χ3n) is 7.55. The van der Waals surface area contributed by atoms with Gasteiger partial charge in [0.1, 0.15) is 17.6 Å². The number of aromatic nitrogens is 2. The Morgan fingerprint density at radius 3 is 2.70 bits per heavy atom. The number of halogens is 5. The van der Waals surface area contributed by atoms with Crippen LogP contribution in [-0.4, -0.2) is 61.9 Å². The smallest absolute Gasteiger partial charge is 0.309 e. The van der Waals surface area contributed by atoms with Crippen molar-refractivity contribution in [1.82, 2.24) is 15.1 Å². The number of aromatic amines is 1. The third kappa shape index (κ3) is 3.36. The molecule has 0 aliphatic carbocycles. The van der Waals surface area contributed by atoms with Crippen LogP contribution in [0.3, 0.4) is 0 Å². The Labute approximate surface area is 216 Å². The molecule has 0 radical (unpaired) electrons. The van der Waals surface area contributed by atoms with E-state index in [1.54, 1.807) is 0 Å². The molecule has 3 aliphatic rings. The highest BCUT2D eigenvalue weighted by Crippen LogP contribution is 2.62. The fraction of sp³-hybridized carbons (Fsp3) is 0.348. The van der Waals surface area contributed by atoms with E-state index >= 15 is 0 Å². The summed E-state index contributed by atoms with van der Waals surface area (Å²) in [5.74, 6) is -9.59. The first-order valence-corrected chi connectivity index (χ1v) is 12.0. The quantitative estimate of drug-likeness (QED) is 0.333. The van der Waals surface area contributed by atoms with Crippen LogP contribution in [-0.2, 0) is 15.1 Å². The zero-order chi connectivity index (χ0) is 26.4. The van der Waals surface area contributed by atoms with Gasteiger partial charge < -0.3 is 20.8 Å². The summed E-state index contributed by atoms with van der Waals surface area (Å²) in [6.45, 7) is -0.899. The Balaban J connectivity index is 1.50. The van der Waals surface area contributed by atoms with Crippen molar-refractivity contribution in [2.45, 2.75) is 30.2 Å². The molecule has 1 amide bonds. The summed E-state index contributed by atoms with van der Waals surface area (Å²) < 4.78 is 43.5. The molecule has 14 heteroatoms. The lowest BCUT2D eigenvalue weighted by Crippen LogP contribution is -2.56. The normalized spacial score (nSPS) is 29.9. The predicted molar refractivity (Wildman–Crippen MR) is 127 cm³/mol. The molecule has 2 fully saturated rings. The Hall–Kier alpha value is -3.06. The van der Waals surface area contributed by atoms with E-state index in [-0.39, 0.29) is 32.5 Å². The van der Waals surface area contributed by atoms with Crippen LogP contribution in [0.15, 0.2) is 30.3 Å². The molecule has 0 bridgehead atoms. The van der Waals surface area contributed by atoms with Crippen LogP contribution in [0.25, 0.3) is 10.9 Å². The lowest BCUT2D eigenvalue weighted by Gasteiger charge is -2.40. The Bertz CT molecular complexity index is 1490. The van der Waals surface area contributed by atoms with Gasteiger partial charge in [-0.3, -0.25) is 19.6 Å². The van der Waals surface area contributed by atoms with Crippen LogP contribution in [0.4, 0.5) is 24.7 Å². The molecule has 5 N–H and O–H groups in total. The second kappa shape index (κ2) is 7.97. The Kier molecular flexibility index (Phi) is 5.23. The maximum Gasteiger partial charge on any atom is 0.309 e. The van der Waals surface area contributed by atoms with E-state index in [0.29, 0.717) is 5.52 Å². The number of aliphatic hydroxyl groups excluding tert-OH is 1. The Morgan fingerprint density at radius 1 is 1.22 bits per heavy atom. The molecule has 3 aliphatic heterocycles. The number of carboxylic acids is 1. The zero-order valence-electron chi connectivity index (χ0n) is 18.6. The molecular weight excluding hydrogens is 538 g/mol. The Morgan fingerprint density at radius 2 is 1.97 bits per heavy atom. The average molecular weight is 556 g/mol. The van der Waals surface area contributed by atoms with Crippen LogP contribution >= 0.6 is 23.2 Å². The van der Waals surface area contributed by atoms with Gasteiger partial charge in [-0.2, -0.15) is 5.10 Å². The third-order valence-corrected chi connectivity index (χ3v) is 8.07. The maximum atomic E-state index is 14.8. The number of nitrogens with zero attached hydrogens (tertiary/aromatic N) is 2. The van der Waals surface area contributed by atoms with Gasteiger partial charge in [0, 0.05) is 28.4 Å². The first-order chi connectivity index (χ1) is 17.4. The molecule has 0 saturated carbocycles. The number of aliphatic hydroxyl groups is 1. The standard InChI is InChI=1S/C23H18Cl2F3N5O4/c24-8-3-11-17(12(25)4-8)29-21(37)23(11)16(20(35)36)15(14-6-22(27,28)7-33(14)23)19(34)30-18-10-5-9(26)1-2-13(10)31-32-18/h1-5,14-16,21,29,37H,6-7H2,(H,35,36)(H2,30,31,32,34)/t14-,15+,16-,21?,23+/m1/s1. The van der Waals surface area contributed by atoms with Crippen molar-refractivity contribution in [2.24, 2.45) is 11.8 Å². The van der Waals surface area contributed by atoms with Crippen molar-refractivity contribution >= 4 is 57.5 Å². The monoisotopic (exact) mass is 555 g/mol. The number of amides is 1. The van der Waals surface area contributed by atoms with Gasteiger partial charge in [0.15, 0.2) is 5.82 Å². The maximum absolute atomic E-state index is 14.8. The number of hydrogen-bond acceptors (Lipinski definition) is 6. The summed E-state index contributed by atoms with van der Waals surface area (Å²) in [7, 11) is 0. The first-order valence-electron chi connectivity index (χ1n) is 11.2. The number of carbonyl (C=O) groups excluding carboxylic acids is 1. The van der Waals surface area contributed by atoms with E-state index in [1.165, 1.54) is 29.2 Å². The number of anilines is 2. The highest BCUT2D eigenvalue weighted by atomic mass is 35.5. The topological polar surface area (TPSA) is 131 Å². The number of fused-ring (bicyclic) bond motifs is 5. The van der Waals surface area contributed by atoms with Gasteiger partial charge in [0.05, 0.1) is 34.6 Å². The number of benzene rings is 2. The fourth-order valence-electron chi connectivity index (χ4n) is 6.28. The summed E-state index contributed by atoms with van der Waals surface area (Å²) in [4.78, 5) is 27.6. The molecule has 194 valence electrons. The number of H-pyrrole nitrogens is 1. The average Bonchev–Trinajstić information content (AvgIpc) is 3.49. The van der Waals surface area contributed by atoms with E-state index in [4.69, 9.17) is 23.2 Å². The second-order valence-corrected chi connectivity index (χ2v) is 10.4. The minimum atomic E-state index is -3.27. The molecule has 5 atom stereocenters. The largest absolute Gasteiger partial charge is 0.481 e. The molecule has 3 aromatic rings. The molecule has 2 saturated heterocycles. The molecule has 4 heterocycles. The minimum Gasteiger partial charge on any atom is -0.481 e. The lowest BCUT2D eigenvalue weighted by atomic mass is 9.73. The number of alkyl halides is 2. The highest BCUT2D eigenvalue weighted by molar-refractivity contribution is 6.36. The molecule has 9 nitrogen and oxygen atoms in total. The summed E-state index contributed by atoms with van der Waals surface area (Å²) >= 11 is 12.5. The van der Waals surface area contributed by atoms with E-state index in [0.717, 1.165) is 6.07 Å². The van der Waals surface area contributed by atoms with Gasteiger partial charge in [-0.25, -0.2) is 13.2 Å². The van der Waals surface area contributed by atoms with E-state index in [2.05, 4.69) is 20.8 Å². The minimum absolute atomic E-state index is 0.0583. The molecule has 37 heavy (non-hydrogen) atoms. The summed E-state index contributed by atoms with van der Waals surface area (Å²) in [6, 6.07) is 5.18. The second-order valence-electron chi connectivity index (χ2n) is 9.53. The molecule has 1 spiro atoms. The van der Waals surface area contributed by atoms with Crippen LogP contribution in [0.5, 0.6) is 0 Å². The summed E-state index contributed by atoms with van der Waals surface area (Å²) in [5.41, 5.74) is -1.33. The molecule has 6 rings (SSSR count). The van der Waals surface area contributed by atoms with E-state index < -0.39 is 66.2 Å². The van der Waals surface area contributed by atoms with Crippen molar-refractivity contribution < 1.29 is 33.0 Å². The number of aliphatic carboxylic acids is 1. The van der Waals surface area contributed by atoms with Crippen LogP contribution < -0.4 is 10.6 Å². The highest BCUT2D eigenvalue weighted by Gasteiger charge is 2.74. The van der Waals surface area contributed by atoms with Crippen LogP contribution in [0, 0.1) is 17.7 Å². The summed E-state index contributed by atoms with van der Waals surface area (Å²) in [6.07, 6.45) is -2.52. The zero-order valence-corrected chi connectivity index (χ0v) is 20.1.